The van der Waals surface area contributed by atoms with E-state index >= 15 is 0 Å². The van der Waals surface area contributed by atoms with E-state index in [0.29, 0.717) is 5.92 Å². The lowest BCUT2D eigenvalue weighted by molar-refractivity contribution is 0.585. The third-order valence-corrected chi connectivity index (χ3v) is 2.16. The molecule has 0 amide bonds. The Hall–Kier alpha value is -0.590. The minimum absolute atomic E-state index is 0.0495. The summed E-state index contributed by atoms with van der Waals surface area (Å²) in [7, 11) is 0. The Kier molecular flexibility index (Phi) is 2.86. The Balaban J connectivity index is 2.64. The fourth-order valence-electron chi connectivity index (χ4n) is 1.43. The fourth-order valence-corrected chi connectivity index (χ4v) is 1.43. The molecular weight excluding hydrogens is 139 g/mol. The Labute approximate surface area is 67.8 Å². The van der Waals surface area contributed by atoms with Crippen LogP contribution in [0, 0.1) is 5.92 Å². The van der Waals surface area contributed by atoms with Crippen molar-refractivity contribution in [1.29, 1.82) is 0 Å². The SMILES string of the molecule is CCCC1=CC(F)=CCC1C. The van der Waals surface area contributed by atoms with Gasteiger partial charge in [-0.05, 0) is 30.9 Å². The lowest BCUT2D eigenvalue weighted by Gasteiger charge is -2.16. The second kappa shape index (κ2) is 3.70. The van der Waals surface area contributed by atoms with Crippen LogP contribution in [0.15, 0.2) is 23.6 Å². The molecule has 1 aliphatic rings. The van der Waals surface area contributed by atoms with Crippen LogP contribution < -0.4 is 0 Å². The molecule has 0 N–H and O–H groups in total. The van der Waals surface area contributed by atoms with Gasteiger partial charge in [0.1, 0.15) is 5.83 Å². The molecule has 11 heavy (non-hydrogen) atoms. The van der Waals surface area contributed by atoms with Gasteiger partial charge in [0, 0.05) is 0 Å². The van der Waals surface area contributed by atoms with Gasteiger partial charge in [-0.15, -0.1) is 0 Å². The topological polar surface area (TPSA) is 0 Å². The molecule has 0 aliphatic heterocycles. The molecule has 1 aliphatic carbocycles. The Morgan fingerprint density at radius 1 is 1.64 bits per heavy atom. The normalized spacial score (nSPS) is 24.5. The van der Waals surface area contributed by atoms with Crippen molar-refractivity contribution < 1.29 is 4.39 Å². The van der Waals surface area contributed by atoms with Crippen molar-refractivity contribution in [2.45, 2.75) is 33.1 Å². The van der Waals surface area contributed by atoms with Crippen molar-refractivity contribution in [3.05, 3.63) is 23.6 Å². The highest BCUT2D eigenvalue weighted by Crippen LogP contribution is 2.27. The molecule has 0 aromatic heterocycles. The number of rotatable bonds is 2. The molecule has 0 saturated carbocycles. The minimum Gasteiger partial charge on any atom is -0.207 e. The van der Waals surface area contributed by atoms with E-state index in [4.69, 9.17) is 0 Å². The van der Waals surface area contributed by atoms with E-state index in [0.717, 1.165) is 19.3 Å². The highest BCUT2D eigenvalue weighted by atomic mass is 19.1. The molecule has 1 heteroatoms. The summed E-state index contributed by atoms with van der Waals surface area (Å²) in [5.74, 6) is 0.501. The van der Waals surface area contributed by atoms with Crippen LogP contribution in [0.4, 0.5) is 4.39 Å². The summed E-state index contributed by atoms with van der Waals surface area (Å²) in [5, 5.41) is 0. The summed E-state index contributed by atoms with van der Waals surface area (Å²) in [6.07, 6.45) is 6.39. The van der Waals surface area contributed by atoms with Gasteiger partial charge in [0.05, 0.1) is 0 Å². The molecule has 1 unspecified atom stereocenters. The van der Waals surface area contributed by atoms with Gasteiger partial charge in [-0.25, -0.2) is 4.39 Å². The minimum atomic E-state index is -0.0495. The summed E-state index contributed by atoms with van der Waals surface area (Å²) >= 11 is 0. The maximum Gasteiger partial charge on any atom is 0.119 e. The first kappa shape index (κ1) is 8.51. The number of hydrogen-bond donors (Lipinski definition) is 0. The average molecular weight is 154 g/mol. The third kappa shape index (κ3) is 2.18. The Morgan fingerprint density at radius 2 is 2.36 bits per heavy atom. The smallest absolute Gasteiger partial charge is 0.119 e. The van der Waals surface area contributed by atoms with Crippen molar-refractivity contribution in [3.8, 4) is 0 Å². The summed E-state index contributed by atoms with van der Waals surface area (Å²) in [4.78, 5) is 0. The molecule has 0 radical (unpaired) electrons. The first-order valence-electron chi connectivity index (χ1n) is 4.30. The molecule has 0 saturated heterocycles. The second-order valence-electron chi connectivity index (χ2n) is 3.20. The molecule has 0 heterocycles. The van der Waals surface area contributed by atoms with Gasteiger partial charge in [-0.1, -0.05) is 25.8 Å². The van der Waals surface area contributed by atoms with Crippen LogP contribution in [-0.4, -0.2) is 0 Å². The molecule has 1 rings (SSSR count). The number of halogens is 1. The molecule has 0 nitrogen and oxygen atoms in total. The van der Waals surface area contributed by atoms with Crippen LogP contribution in [0.1, 0.15) is 33.1 Å². The van der Waals surface area contributed by atoms with E-state index in [2.05, 4.69) is 13.8 Å². The van der Waals surface area contributed by atoms with Crippen molar-refractivity contribution in [1.82, 2.24) is 0 Å². The predicted molar refractivity (Wildman–Crippen MR) is 46.0 cm³/mol. The fraction of sp³-hybridized carbons (Fsp3) is 0.600. The largest absolute Gasteiger partial charge is 0.207 e. The van der Waals surface area contributed by atoms with E-state index in [-0.39, 0.29) is 5.83 Å². The standard InChI is InChI=1S/C10H15F/c1-3-4-9-7-10(11)6-5-8(9)2/h6-8H,3-5H2,1-2H3. The zero-order chi connectivity index (χ0) is 8.27. The summed E-state index contributed by atoms with van der Waals surface area (Å²) < 4.78 is 12.7. The molecule has 0 aromatic carbocycles. The summed E-state index contributed by atoms with van der Waals surface area (Å²) in [6.45, 7) is 4.29. The van der Waals surface area contributed by atoms with Crippen molar-refractivity contribution in [3.63, 3.8) is 0 Å². The monoisotopic (exact) mass is 154 g/mol. The third-order valence-electron chi connectivity index (χ3n) is 2.16. The molecule has 1 atom stereocenters. The Bertz CT molecular complexity index is 189. The zero-order valence-electron chi connectivity index (χ0n) is 7.23. The van der Waals surface area contributed by atoms with Crippen molar-refractivity contribution >= 4 is 0 Å². The first-order valence-corrected chi connectivity index (χ1v) is 4.30. The van der Waals surface area contributed by atoms with Crippen LogP contribution in [0.25, 0.3) is 0 Å². The number of allylic oxidation sites excluding steroid dienone is 4. The number of hydrogen-bond acceptors (Lipinski definition) is 0. The molecule has 0 spiro atoms. The second-order valence-corrected chi connectivity index (χ2v) is 3.20. The lowest BCUT2D eigenvalue weighted by atomic mass is 9.90. The van der Waals surface area contributed by atoms with Gasteiger partial charge < -0.3 is 0 Å². The zero-order valence-corrected chi connectivity index (χ0v) is 7.23. The van der Waals surface area contributed by atoms with E-state index in [9.17, 15) is 4.39 Å². The first-order chi connectivity index (χ1) is 5.24. The molecule has 0 fully saturated rings. The van der Waals surface area contributed by atoms with Crippen LogP contribution in [0.2, 0.25) is 0 Å². The average Bonchev–Trinajstić information content (AvgIpc) is 1.98. The molecule has 62 valence electrons. The van der Waals surface area contributed by atoms with Crippen LogP contribution in [-0.2, 0) is 0 Å². The van der Waals surface area contributed by atoms with Crippen LogP contribution in [0.3, 0.4) is 0 Å². The summed E-state index contributed by atoms with van der Waals surface area (Å²) in [5.41, 5.74) is 1.27. The van der Waals surface area contributed by atoms with Gasteiger partial charge in [-0.3, -0.25) is 0 Å². The van der Waals surface area contributed by atoms with Crippen molar-refractivity contribution in [2.24, 2.45) is 5.92 Å². The van der Waals surface area contributed by atoms with Gasteiger partial charge in [0.2, 0.25) is 0 Å². The molecular formula is C10H15F. The Morgan fingerprint density at radius 3 is 3.00 bits per heavy atom. The van der Waals surface area contributed by atoms with Gasteiger partial charge >= 0.3 is 0 Å². The van der Waals surface area contributed by atoms with E-state index < -0.39 is 0 Å². The van der Waals surface area contributed by atoms with Crippen LogP contribution in [0.5, 0.6) is 0 Å². The van der Waals surface area contributed by atoms with Gasteiger partial charge in [0.15, 0.2) is 0 Å². The van der Waals surface area contributed by atoms with Gasteiger partial charge in [0.25, 0.3) is 0 Å². The van der Waals surface area contributed by atoms with E-state index in [1.54, 1.807) is 12.2 Å². The molecule has 0 bridgehead atoms. The van der Waals surface area contributed by atoms with Crippen molar-refractivity contribution in [2.75, 3.05) is 0 Å². The van der Waals surface area contributed by atoms with E-state index in [1.807, 2.05) is 0 Å². The predicted octanol–water partition coefficient (Wildman–Crippen LogP) is 3.61. The van der Waals surface area contributed by atoms with Crippen LogP contribution >= 0.6 is 0 Å². The maximum atomic E-state index is 12.7. The summed E-state index contributed by atoms with van der Waals surface area (Å²) in [6, 6.07) is 0. The maximum absolute atomic E-state index is 12.7. The molecule has 0 aromatic rings. The quantitative estimate of drug-likeness (QED) is 0.570. The van der Waals surface area contributed by atoms with Gasteiger partial charge in [-0.2, -0.15) is 0 Å². The lowest BCUT2D eigenvalue weighted by Crippen LogP contribution is -2.02. The highest BCUT2D eigenvalue weighted by Gasteiger charge is 2.11. The highest BCUT2D eigenvalue weighted by molar-refractivity contribution is 5.24. The van der Waals surface area contributed by atoms with E-state index in [1.165, 1.54) is 5.57 Å².